The molecule has 1 aliphatic rings. The van der Waals surface area contributed by atoms with E-state index in [0.717, 1.165) is 38.4 Å². The molecule has 1 aromatic rings. The zero-order valence-electron chi connectivity index (χ0n) is 14.4. The average Bonchev–Trinajstić information content (AvgIpc) is 2.93. The highest BCUT2D eigenvalue weighted by Crippen LogP contribution is 2.24. The first-order chi connectivity index (χ1) is 10.6. The van der Waals surface area contributed by atoms with Crippen LogP contribution < -0.4 is 5.32 Å². The summed E-state index contributed by atoms with van der Waals surface area (Å²) < 4.78 is 5.12. The van der Waals surface area contributed by atoms with Crippen LogP contribution in [0.15, 0.2) is 9.52 Å². The highest BCUT2D eigenvalue weighted by molar-refractivity contribution is 14.0. The summed E-state index contributed by atoms with van der Waals surface area (Å²) in [4.78, 5) is 11.0. The predicted molar refractivity (Wildman–Crippen MR) is 107 cm³/mol. The number of nitrogens with zero attached hydrogens (tertiary/aromatic N) is 4. The Kier molecular flexibility index (Phi) is 9.26. The van der Waals surface area contributed by atoms with Crippen molar-refractivity contribution in [2.75, 3.05) is 32.4 Å². The number of thioether (sulfide) groups is 1. The minimum absolute atomic E-state index is 0. The molecule has 1 aromatic heterocycles. The number of guanidine groups is 1. The first kappa shape index (κ1) is 20.5. The third-order valence-corrected chi connectivity index (χ3v) is 5.31. The number of aryl methyl sites for hydroxylation is 2. The van der Waals surface area contributed by atoms with E-state index in [0.29, 0.717) is 22.9 Å². The number of hydrogen-bond acceptors (Lipinski definition) is 5. The van der Waals surface area contributed by atoms with Crippen LogP contribution in [0.25, 0.3) is 0 Å². The third-order valence-electron chi connectivity index (χ3n) is 3.77. The normalized spacial score (nSPS) is 18.9. The maximum atomic E-state index is 5.12. The smallest absolute Gasteiger partial charge is 0.226 e. The number of nitrogens with one attached hydrogen (secondary N) is 1. The Hall–Kier alpha value is -0.510. The number of rotatable bonds is 5. The van der Waals surface area contributed by atoms with E-state index in [9.17, 15) is 0 Å². The summed E-state index contributed by atoms with van der Waals surface area (Å²) in [5.74, 6) is 4.29. The molecule has 1 N–H and O–H groups in total. The van der Waals surface area contributed by atoms with Crippen LogP contribution in [0.4, 0.5) is 0 Å². The van der Waals surface area contributed by atoms with Crippen molar-refractivity contribution in [1.82, 2.24) is 20.4 Å². The lowest BCUT2D eigenvalue weighted by molar-refractivity contribution is 0.368. The fraction of sp³-hybridized carbons (Fsp3) is 0.800. The molecule has 0 radical (unpaired) electrons. The Morgan fingerprint density at radius 1 is 1.52 bits per heavy atom. The quantitative estimate of drug-likeness (QED) is 0.320. The Labute approximate surface area is 160 Å². The largest absolute Gasteiger partial charge is 0.356 e. The Balaban J connectivity index is 0.00000264. The molecule has 1 atom stereocenters. The van der Waals surface area contributed by atoms with Gasteiger partial charge in [-0.25, -0.2) is 0 Å². The van der Waals surface area contributed by atoms with Crippen LogP contribution in [-0.4, -0.2) is 58.7 Å². The van der Waals surface area contributed by atoms with Crippen LogP contribution in [-0.2, 0) is 6.42 Å². The molecule has 2 rings (SSSR count). The molecule has 132 valence electrons. The molecular weight excluding hydrogens is 425 g/mol. The number of aliphatic imine (C=N–C) groups is 1. The van der Waals surface area contributed by atoms with Gasteiger partial charge in [-0.15, -0.1) is 24.0 Å². The lowest BCUT2D eigenvalue weighted by Crippen LogP contribution is -2.49. The molecular formula is C15H28IN5OS. The van der Waals surface area contributed by atoms with E-state index in [1.807, 2.05) is 14.0 Å². The summed E-state index contributed by atoms with van der Waals surface area (Å²) in [6.07, 6.45) is 1.76. The second-order valence-electron chi connectivity index (χ2n) is 5.91. The summed E-state index contributed by atoms with van der Waals surface area (Å²) >= 11 is 2.08. The molecule has 1 unspecified atom stereocenters. The van der Waals surface area contributed by atoms with Gasteiger partial charge in [0.2, 0.25) is 5.89 Å². The van der Waals surface area contributed by atoms with Crippen molar-refractivity contribution in [2.24, 2.45) is 10.9 Å². The van der Waals surface area contributed by atoms with Crippen molar-refractivity contribution in [1.29, 1.82) is 0 Å². The molecule has 0 bridgehead atoms. The van der Waals surface area contributed by atoms with Crippen molar-refractivity contribution in [2.45, 2.75) is 38.9 Å². The molecule has 6 nitrogen and oxygen atoms in total. The number of aromatic nitrogens is 2. The Morgan fingerprint density at radius 2 is 2.30 bits per heavy atom. The molecule has 23 heavy (non-hydrogen) atoms. The van der Waals surface area contributed by atoms with Crippen molar-refractivity contribution < 1.29 is 4.52 Å². The minimum Gasteiger partial charge on any atom is -0.356 e. The molecule has 1 saturated heterocycles. The van der Waals surface area contributed by atoms with E-state index < -0.39 is 0 Å². The molecule has 0 spiro atoms. The van der Waals surface area contributed by atoms with E-state index in [-0.39, 0.29) is 24.0 Å². The molecule has 0 aromatic carbocycles. The van der Waals surface area contributed by atoms with Gasteiger partial charge in [-0.2, -0.15) is 16.7 Å². The van der Waals surface area contributed by atoms with Crippen LogP contribution in [0.1, 0.15) is 32.0 Å². The standard InChI is InChI=1S/C15H27N5OS.HI/c1-11(2)13-10-20(8-9-22-13)15(16-4)17-7-5-6-14-18-12(3)19-21-14;/h11,13H,5-10H2,1-4H3,(H,16,17);1H. The van der Waals surface area contributed by atoms with Crippen LogP contribution in [0.2, 0.25) is 0 Å². The van der Waals surface area contributed by atoms with Gasteiger partial charge in [0.05, 0.1) is 0 Å². The summed E-state index contributed by atoms with van der Waals surface area (Å²) in [7, 11) is 1.86. The number of halogens is 1. The van der Waals surface area contributed by atoms with Gasteiger partial charge < -0.3 is 14.7 Å². The monoisotopic (exact) mass is 453 g/mol. The lowest BCUT2D eigenvalue weighted by Gasteiger charge is -2.36. The van der Waals surface area contributed by atoms with Crippen LogP contribution in [0.3, 0.4) is 0 Å². The van der Waals surface area contributed by atoms with Gasteiger partial charge in [0.15, 0.2) is 11.8 Å². The highest BCUT2D eigenvalue weighted by atomic mass is 127. The SMILES string of the molecule is CN=C(NCCCc1nc(C)no1)N1CCSC(C(C)C)C1.I. The van der Waals surface area contributed by atoms with Crippen molar-refractivity contribution in [3.8, 4) is 0 Å². The molecule has 0 saturated carbocycles. The van der Waals surface area contributed by atoms with E-state index >= 15 is 0 Å². The zero-order valence-corrected chi connectivity index (χ0v) is 17.6. The van der Waals surface area contributed by atoms with E-state index in [1.165, 1.54) is 5.75 Å². The fourth-order valence-electron chi connectivity index (χ4n) is 2.48. The van der Waals surface area contributed by atoms with Gasteiger partial charge in [-0.1, -0.05) is 19.0 Å². The summed E-state index contributed by atoms with van der Waals surface area (Å²) in [5.41, 5.74) is 0. The van der Waals surface area contributed by atoms with Gasteiger partial charge in [0.25, 0.3) is 0 Å². The second-order valence-corrected chi connectivity index (χ2v) is 7.26. The molecule has 1 fully saturated rings. The first-order valence-corrected chi connectivity index (χ1v) is 9.01. The van der Waals surface area contributed by atoms with E-state index in [2.05, 4.69) is 51.0 Å². The minimum atomic E-state index is 0. The molecule has 2 heterocycles. The Bertz CT molecular complexity index is 494. The van der Waals surface area contributed by atoms with Crippen LogP contribution in [0, 0.1) is 12.8 Å². The molecule has 1 aliphatic heterocycles. The maximum absolute atomic E-state index is 5.12. The van der Waals surface area contributed by atoms with Gasteiger partial charge in [-0.3, -0.25) is 4.99 Å². The zero-order chi connectivity index (χ0) is 15.9. The molecule has 8 heteroatoms. The average molecular weight is 453 g/mol. The first-order valence-electron chi connectivity index (χ1n) is 7.96. The van der Waals surface area contributed by atoms with E-state index in [4.69, 9.17) is 4.52 Å². The van der Waals surface area contributed by atoms with Gasteiger partial charge >= 0.3 is 0 Å². The van der Waals surface area contributed by atoms with Crippen molar-refractivity contribution in [3.05, 3.63) is 11.7 Å². The molecule has 0 aliphatic carbocycles. The van der Waals surface area contributed by atoms with Crippen LogP contribution >= 0.6 is 35.7 Å². The topological polar surface area (TPSA) is 66.5 Å². The summed E-state index contributed by atoms with van der Waals surface area (Å²) in [5, 5.41) is 7.95. The molecule has 0 amide bonds. The van der Waals surface area contributed by atoms with Gasteiger partial charge in [-0.05, 0) is 19.3 Å². The Morgan fingerprint density at radius 3 is 2.91 bits per heavy atom. The van der Waals surface area contributed by atoms with Gasteiger partial charge in [0.1, 0.15) is 0 Å². The number of hydrogen-bond donors (Lipinski definition) is 1. The summed E-state index contributed by atoms with van der Waals surface area (Å²) in [6, 6.07) is 0. The third kappa shape index (κ3) is 6.48. The fourth-order valence-corrected chi connectivity index (χ4v) is 3.78. The second kappa shape index (κ2) is 10.4. The lowest BCUT2D eigenvalue weighted by atomic mass is 10.1. The van der Waals surface area contributed by atoms with Crippen molar-refractivity contribution in [3.63, 3.8) is 0 Å². The maximum Gasteiger partial charge on any atom is 0.226 e. The van der Waals surface area contributed by atoms with Gasteiger partial charge in [0, 0.05) is 44.1 Å². The van der Waals surface area contributed by atoms with Crippen LogP contribution in [0.5, 0.6) is 0 Å². The van der Waals surface area contributed by atoms with E-state index in [1.54, 1.807) is 0 Å². The van der Waals surface area contributed by atoms with Crippen molar-refractivity contribution >= 4 is 41.7 Å². The predicted octanol–water partition coefficient (Wildman–Crippen LogP) is 2.58. The highest BCUT2D eigenvalue weighted by Gasteiger charge is 2.24. The summed E-state index contributed by atoms with van der Waals surface area (Å²) in [6.45, 7) is 9.44.